The summed E-state index contributed by atoms with van der Waals surface area (Å²) in [6.07, 6.45) is 0.161. The van der Waals surface area contributed by atoms with Gasteiger partial charge in [-0.2, -0.15) is 0 Å². The van der Waals surface area contributed by atoms with E-state index in [4.69, 9.17) is 0 Å². The fourth-order valence-corrected chi connectivity index (χ4v) is 4.62. The molecule has 1 heterocycles. The molecule has 3 aromatic rings. The summed E-state index contributed by atoms with van der Waals surface area (Å²) >= 11 is 6.14. The van der Waals surface area contributed by atoms with Crippen LogP contribution in [0, 0.1) is 6.92 Å². The highest BCUT2D eigenvalue weighted by atomic mass is 79.9. The molecule has 7 nitrogen and oxygen atoms in total. The summed E-state index contributed by atoms with van der Waals surface area (Å²) < 4.78 is 1.70. The average Bonchev–Trinajstić information content (AvgIpc) is 3.16. The fourth-order valence-electron chi connectivity index (χ4n) is 2.73. The Labute approximate surface area is 202 Å². The van der Waals surface area contributed by atoms with Crippen LogP contribution in [0.2, 0.25) is 0 Å². The zero-order valence-corrected chi connectivity index (χ0v) is 20.6. The lowest BCUT2D eigenvalue weighted by Gasteiger charge is -2.07. The van der Waals surface area contributed by atoms with Gasteiger partial charge >= 0.3 is 0 Å². The molecule has 1 aromatic heterocycles. The van der Waals surface area contributed by atoms with Gasteiger partial charge in [-0.1, -0.05) is 33.8 Å². The molecule has 0 saturated heterocycles. The van der Waals surface area contributed by atoms with E-state index in [0.29, 0.717) is 17.1 Å². The second-order valence-electron chi connectivity index (χ2n) is 6.89. The second kappa shape index (κ2) is 11.3. The fraction of sp³-hybridized carbons (Fsp3) is 0.182. The summed E-state index contributed by atoms with van der Waals surface area (Å²) in [7, 11) is 0. The normalized spacial score (nSPS) is 10.5. The molecule has 2 aromatic carbocycles. The summed E-state index contributed by atoms with van der Waals surface area (Å²) in [5, 5.41) is 10.2. The van der Waals surface area contributed by atoms with Crippen molar-refractivity contribution in [2.45, 2.75) is 24.6 Å². The monoisotopic (exact) mass is 532 g/mol. The number of thioether (sulfide) groups is 1. The van der Waals surface area contributed by atoms with Gasteiger partial charge in [0.15, 0.2) is 4.34 Å². The quantitative estimate of drug-likeness (QED) is 0.351. The Balaban J connectivity index is 1.47. The number of benzene rings is 2. The maximum Gasteiger partial charge on any atom is 0.234 e. The number of carbonyl (C=O) groups is 3. The standard InChI is InChI=1S/C22H21BrN4O3S2/c1-13-8-17(6-7-19(13)23)25-20(29)10-18-11-31-22(27-18)32-12-21(30)26-16-5-3-4-15(9-16)24-14(2)28/h3-9,11H,10,12H2,1-2H3,(H,24,28)(H,25,29)(H,26,30). The van der Waals surface area contributed by atoms with Gasteiger partial charge in [-0.3, -0.25) is 14.4 Å². The number of halogens is 1. The third-order valence-corrected chi connectivity index (χ3v) is 7.07. The Kier molecular flexibility index (Phi) is 8.43. The van der Waals surface area contributed by atoms with E-state index >= 15 is 0 Å². The van der Waals surface area contributed by atoms with Gasteiger partial charge in [0.05, 0.1) is 17.9 Å². The lowest BCUT2D eigenvalue weighted by Crippen LogP contribution is -2.15. The minimum Gasteiger partial charge on any atom is -0.326 e. The molecule has 10 heteroatoms. The molecule has 3 rings (SSSR count). The Morgan fingerprint density at radius 3 is 2.41 bits per heavy atom. The van der Waals surface area contributed by atoms with Gasteiger partial charge in [0.1, 0.15) is 0 Å². The number of thiazole rings is 1. The number of carbonyl (C=O) groups excluding carboxylic acids is 3. The predicted molar refractivity (Wildman–Crippen MR) is 133 cm³/mol. The topological polar surface area (TPSA) is 100 Å². The number of anilines is 3. The SMILES string of the molecule is CC(=O)Nc1cccc(NC(=O)CSc2nc(CC(=O)Nc3ccc(Br)c(C)c3)cs2)c1. The van der Waals surface area contributed by atoms with E-state index in [9.17, 15) is 14.4 Å². The molecule has 0 bridgehead atoms. The maximum atomic E-state index is 12.3. The minimum atomic E-state index is -0.185. The number of aromatic nitrogens is 1. The van der Waals surface area contributed by atoms with Gasteiger partial charge in [0, 0.05) is 33.8 Å². The number of rotatable bonds is 8. The molecule has 3 N–H and O–H groups in total. The van der Waals surface area contributed by atoms with Crippen molar-refractivity contribution < 1.29 is 14.4 Å². The zero-order chi connectivity index (χ0) is 23.1. The maximum absolute atomic E-state index is 12.3. The van der Waals surface area contributed by atoms with E-state index in [0.717, 1.165) is 20.1 Å². The van der Waals surface area contributed by atoms with Gasteiger partial charge in [0.2, 0.25) is 17.7 Å². The van der Waals surface area contributed by atoms with Gasteiger partial charge in [0.25, 0.3) is 0 Å². The summed E-state index contributed by atoms with van der Waals surface area (Å²) in [6.45, 7) is 3.38. The van der Waals surface area contributed by atoms with E-state index < -0.39 is 0 Å². The van der Waals surface area contributed by atoms with Crippen LogP contribution < -0.4 is 16.0 Å². The molecule has 0 aliphatic rings. The smallest absolute Gasteiger partial charge is 0.234 e. The van der Waals surface area contributed by atoms with Crippen LogP contribution in [0.3, 0.4) is 0 Å². The first-order valence-corrected chi connectivity index (χ1v) is 12.2. The number of aryl methyl sites for hydroxylation is 1. The van der Waals surface area contributed by atoms with Crippen LogP contribution in [-0.4, -0.2) is 28.5 Å². The second-order valence-corrected chi connectivity index (χ2v) is 9.83. The first-order valence-electron chi connectivity index (χ1n) is 9.59. The van der Waals surface area contributed by atoms with Crippen LogP contribution >= 0.6 is 39.0 Å². The van der Waals surface area contributed by atoms with Crippen LogP contribution in [0.5, 0.6) is 0 Å². The lowest BCUT2D eigenvalue weighted by molar-refractivity contribution is -0.116. The first-order chi connectivity index (χ1) is 15.3. The van der Waals surface area contributed by atoms with Gasteiger partial charge in [-0.05, 0) is 48.9 Å². The summed E-state index contributed by atoms with van der Waals surface area (Å²) in [6, 6.07) is 12.6. The number of amides is 3. The van der Waals surface area contributed by atoms with Crippen molar-refractivity contribution in [3.63, 3.8) is 0 Å². The summed E-state index contributed by atoms with van der Waals surface area (Å²) in [4.78, 5) is 40.1. The van der Waals surface area contributed by atoms with E-state index in [1.54, 1.807) is 24.3 Å². The molecule has 0 radical (unpaired) electrons. The lowest BCUT2D eigenvalue weighted by atomic mass is 10.2. The van der Waals surface area contributed by atoms with Crippen LogP contribution in [0.4, 0.5) is 17.1 Å². The van der Waals surface area contributed by atoms with Crippen molar-refractivity contribution in [2.24, 2.45) is 0 Å². The molecule has 0 spiro atoms. The van der Waals surface area contributed by atoms with Crippen LogP contribution in [0.1, 0.15) is 18.2 Å². The Bertz CT molecular complexity index is 1150. The molecule has 3 amide bonds. The molecule has 0 fully saturated rings. The van der Waals surface area contributed by atoms with E-state index in [-0.39, 0.29) is 29.9 Å². The molecular weight excluding hydrogens is 512 g/mol. The molecule has 0 aliphatic heterocycles. The van der Waals surface area contributed by atoms with Crippen molar-refractivity contribution in [1.29, 1.82) is 0 Å². The van der Waals surface area contributed by atoms with Gasteiger partial charge in [-0.15, -0.1) is 11.3 Å². The molecule has 0 saturated carbocycles. The van der Waals surface area contributed by atoms with Gasteiger partial charge < -0.3 is 16.0 Å². The highest BCUT2D eigenvalue weighted by Crippen LogP contribution is 2.24. The molecule has 0 atom stereocenters. The highest BCUT2D eigenvalue weighted by Gasteiger charge is 2.11. The van der Waals surface area contributed by atoms with E-state index in [1.165, 1.54) is 30.0 Å². The van der Waals surface area contributed by atoms with Crippen molar-refractivity contribution >= 4 is 73.8 Å². The van der Waals surface area contributed by atoms with Crippen molar-refractivity contribution in [3.8, 4) is 0 Å². The zero-order valence-electron chi connectivity index (χ0n) is 17.4. The largest absolute Gasteiger partial charge is 0.326 e. The number of nitrogens with zero attached hydrogens (tertiary/aromatic N) is 1. The minimum absolute atomic E-state index is 0.148. The first kappa shape index (κ1) is 24.0. The third-order valence-electron chi connectivity index (χ3n) is 4.11. The number of hydrogen-bond donors (Lipinski definition) is 3. The predicted octanol–water partition coefficient (Wildman–Crippen LogP) is 5.08. The third kappa shape index (κ3) is 7.47. The van der Waals surface area contributed by atoms with Crippen LogP contribution in [0.15, 0.2) is 56.7 Å². The number of hydrogen-bond acceptors (Lipinski definition) is 6. The van der Waals surface area contributed by atoms with Crippen molar-refractivity contribution in [3.05, 3.63) is 63.6 Å². The van der Waals surface area contributed by atoms with E-state index in [1.807, 2.05) is 30.5 Å². The summed E-state index contributed by atoms with van der Waals surface area (Å²) in [5.41, 5.74) is 3.65. The number of nitrogens with one attached hydrogen (secondary N) is 3. The van der Waals surface area contributed by atoms with Crippen LogP contribution in [0.25, 0.3) is 0 Å². The highest BCUT2D eigenvalue weighted by molar-refractivity contribution is 9.10. The Morgan fingerprint density at radius 2 is 1.69 bits per heavy atom. The molecule has 0 unspecified atom stereocenters. The average molecular weight is 533 g/mol. The Hall–Kier alpha value is -2.69. The van der Waals surface area contributed by atoms with Crippen molar-refractivity contribution in [2.75, 3.05) is 21.7 Å². The van der Waals surface area contributed by atoms with E-state index in [2.05, 4.69) is 36.9 Å². The molecule has 0 aliphatic carbocycles. The molecular formula is C22H21BrN4O3S2. The molecule has 166 valence electrons. The Morgan fingerprint density at radius 1 is 1.00 bits per heavy atom. The van der Waals surface area contributed by atoms with Gasteiger partial charge in [-0.25, -0.2) is 4.98 Å². The summed E-state index contributed by atoms with van der Waals surface area (Å²) in [5.74, 6) is -0.327. The van der Waals surface area contributed by atoms with Crippen LogP contribution in [-0.2, 0) is 20.8 Å². The molecule has 32 heavy (non-hydrogen) atoms. The van der Waals surface area contributed by atoms with Crippen molar-refractivity contribution in [1.82, 2.24) is 4.98 Å².